The van der Waals surface area contributed by atoms with E-state index in [0.717, 1.165) is 50.5 Å². The van der Waals surface area contributed by atoms with Crippen LogP contribution in [-0.2, 0) is 19.1 Å². The number of carbonyl (C=O) groups excluding carboxylic acids is 2. The molecule has 6 nitrogen and oxygen atoms in total. The predicted octanol–water partition coefficient (Wildman–Crippen LogP) is 3.29. The van der Waals surface area contributed by atoms with Crippen LogP contribution in [0.1, 0.15) is 78.6 Å². The lowest BCUT2D eigenvalue weighted by molar-refractivity contribution is -0.256. The maximum atomic E-state index is 12.2. The van der Waals surface area contributed by atoms with Crippen molar-refractivity contribution in [3.05, 3.63) is 11.6 Å². The highest BCUT2D eigenvalue weighted by atomic mass is 16.5. The normalized spacial score (nSPS) is 51.3. The van der Waals surface area contributed by atoms with Gasteiger partial charge in [-0.1, -0.05) is 13.8 Å². The minimum atomic E-state index is -0.858. The van der Waals surface area contributed by atoms with Gasteiger partial charge in [0, 0.05) is 24.8 Å². The molecule has 172 valence electrons. The second-order valence-electron chi connectivity index (χ2n) is 11.5. The Labute approximate surface area is 184 Å². The predicted molar refractivity (Wildman–Crippen MR) is 113 cm³/mol. The molecule has 6 heteroatoms. The molecule has 0 unspecified atom stereocenters. The molecule has 4 aliphatic carbocycles. The molecule has 0 spiro atoms. The molecule has 0 saturated heterocycles. The minimum absolute atomic E-state index is 0.144. The van der Waals surface area contributed by atoms with Crippen LogP contribution >= 0.6 is 0 Å². The number of hydrogen-bond donors (Lipinski definition) is 2. The van der Waals surface area contributed by atoms with Gasteiger partial charge in [0.1, 0.15) is 12.7 Å². The van der Waals surface area contributed by atoms with Crippen molar-refractivity contribution in [1.29, 1.82) is 0 Å². The molecule has 0 amide bonds. The highest BCUT2D eigenvalue weighted by Crippen LogP contribution is 2.70. The van der Waals surface area contributed by atoms with Crippen LogP contribution < -0.4 is 0 Å². The molecule has 4 fully saturated rings. The van der Waals surface area contributed by atoms with Gasteiger partial charge in [0.2, 0.25) is 0 Å². The first kappa shape index (κ1) is 21.4. The van der Waals surface area contributed by atoms with Crippen LogP contribution in [0.5, 0.6) is 0 Å². The molecule has 5 aliphatic rings. The van der Waals surface area contributed by atoms with Crippen molar-refractivity contribution in [3.8, 4) is 0 Å². The van der Waals surface area contributed by atoms with Gasteiger partial charge in [0.05, 0.1) is 11.2 Å². The number of cyclic esters (lactones) is 1. The average Bonchev–Trinajstić information content (AvgIpc) is 3.22. The first-order valence-electron chi connectivity index (χ1n) is 12.0. The molecule has 4 saturated carbocycles. The van der Waals surface area contributed by atoms with Gasteiger partial charge in [-0.05, 0) is 80.1 Å². The Kier molecular flexibility index (Phi) is 4.70. The van der Waals surface area contributed by atoms with Gasteiger partial charge in [-0.2, -0.15) is 0 Å². The fraction of sp³-hybridized carbons (Fsp3) is 0.840. The third kappa shape index (κ3) is 2.83. The zero-order valence-corrected chi connectivity index (χ0v) is 19.0. The first-order chi connectivity index (χ1) is 14.5. The summed E-state index contributed by atoms with van der Waals surface area (Å²) in [5, 5.41) is 24.0. The summed E-state index contributed by atoms with van der Waals surface area (Å²) in [4.78, 5) is 23.2. The third-order valence-electron chi connectivity index (χ3n) is 10.4. The topological polar surface area (TPSA) is 93.1 Å². The van der Waals surface area contributed by atoms with Gasteiger partial charge < -0.3 is 19.7 Å². The van der Waals surface area contributed by atoms with E-state index in [1.54, 1.807) is 6.08 Å². The third-order valence-corrected chi connectivity index (χ3v) is 10.4. The minimum Gasteiger partial charge on any atom is -0.462 e. The van der Waals surface area contributed by atoms with E-state index in [0.29, 0.717) is 19.4 Å². The molecule has 0 aromatic heterocycles. The molecule has 0 bridgehead atoms. The molecule has 0 aromatic carbocycles. The van der Waals surface area contributed by atoms with Crippen LogP contribution in [0.25, 0.3) is 0 Å². The van der Waals surface area contributed by atoms with Crippen molar-refractivity contribution >= 4 is 11.9 Å². The van der Waals surface area contributed by atoms with Crippen molar-refractivity contribution in [2.45, 2.75) is 95.9 Å². The van der Waals surface area contributed by atoms with Crippen LogP contribution in [0, 0.1) is 28.6 Å². The molecule has 1 heterocycles. The van der Waals surface area contributed by atoms with E-state index in [2.05, 4.69) is 13.8 Å². The van der Waals surface area contributed by atoms with Crippen LogP contribution in [0.4, 0.5) is 0 Å². The molecule has 1 aliphatic heterocycles. The zero-order valence-electron chi connectivity index (χ0n) is 19.0. The van der Waals surface area contributed by atoms with Gasteiger partial charge in [0.15, 0.2) is 0 Å². The first-order valence-corrected chi connectivity index (χ1v) is 12.0. The van der Waals surface area contributed by atoms with Crippen molar-refractivity contribution in [3.63, 3.8) is 0 Å². The van der Waals surface area contributed by atoms with Gasteiger partial charge in [0.25, 0.3) is 0 Å². The maximum absolute atomic E-state index is 12.2. The van der Waals surface area contributed by atoms with E-state index in [4.69, 9.17) is 9.47 Å². The number of rotatable bonds is 2. The summed E-state index contributed by atoms with van der Waals surface area (Å²) >= 11 is 0. The number of aliphatic hydroxyl groups is 2. The Morgan fingerprint density at radius 2 is 1.74 bits per heavy atom. The lowest BCUT2D eigenvalue weighted by Gasteiger charge is -2.66. The summed E-state index contributed by atoms with van der Waals surface area (Å²) in [5.74, 6) is 0.0252. The van der Waals surface area contributed by atoms with Crippen molar-refractivity contribution < 1.29 is 29.3 Å². The standard InChI is InChI=1S/C25H36O6/c1-15(26)31-17-4-8-22(2)19-5-9-23(3)18(16-12-21(27)30-14-16)7-11-25(23,29)20(19)6-10-24(22,28)13-17/h12,17-20,28-29H,4-11,13-14H2,1-3H3/t17-,18-,19+,20-,22-,23-,24+,25-/m1/s1. The fourth-order valence-corrected chi connectivity index (χ4v) is 8.70. The summed E-state index contributed by atoms with van der Waals surface area (Å²) < 4.78 is 10.7. The number of esters is 2. The van der Waals surface area contributed by atoms with Gasteiger partial charge in [-0.15, -0.1) is 0 Å². The van der Waals surface area contributed by atoms with Gasteiger partial charge in [-0.25, -0.2) is 4.79 Å². The lowest BCUT2D eigenvalue weighted by atomic mass is 9.42. The SMILES string of the molecule is CC(=O)O[C@@H]1CC[C@]2(C)[C@H]3CC[C@]4(C)[C@@H](C5=CC(=O)OC5)CC[C@@]4(O)[C@@H]3CC[C@]2(O)C1. The summed E-state index contributed by atoms with van der Waals surface area (Å²) in [6, 6.07) is 0. The van der Waals surface area contributed by atoms with Crippen LogP contribution in [0.3, 0.4) is 0 Å². The maximum Gasteiger partial charge on any atom is 0.331 e. The largest absolute Gasteiger partial charge is 0.462 e. The summed E-state index contributed by atoms with van der Waals surface area (Å²) in [6.45, 7) is 6.21. The van der Waals surface area contributed by atoms with Crippen LogP contribution in [0.2, 0.25) is 0 Å². The van der Waals surface area contributed by atoms with E-state index in [9.17, 15) is 19.8 Å². The highest BCUT2D eigenvalue weighted by molar-refractivity contribution is 5.85. The number of ether oxygens (including phenoxy) is 2. The Balaban J connectivity index is 1.43. The Morgan fingerprint density at radius 3 is 2.42 bits per heavy atom. The number of carbonyl (C=O) groups is 2. The molecule has 0 aromatic rings. The lowest BCUT2D eigenvalue weighted by Crippen LogP contribution is -2.67. The van der Waals surface area contributed by atoms with Gasteiger partial charge in [-0.3, -0.25) is 4.79 Å². The van der Waals surface area contributed by atoms with Crippen LogP contribution in [0.15, 0.2) is 11.6 Å². The van der Waals surface area contributed by atoms with Gasteiger partial charge >= 0.3 is 11.9 Å². The van der Waals surface area contributed by atoms with E-state index in [1.807, 2.05) is 0 Å². The quantitative estimate of drug-likeness (QED) is 0.651. The Bertz CT molecular complexity index is 836. The number of hydrogen-bond acceptors (Lipinski definition) is 6. The monoisotopic (exact) mass is 432 g/mol. The zero-order chi connectivity index (χ0) is 22.2. The highest BCUT2D eigenvalue weighted by Gasteiger charge is 2.70. The van der Waals surface area contributed by atoms with Crippen molar-refractivity contribution in [1.82, 2.24) is 0 Å². The Morgan fingerprint density at radius 1 is 1.03 bits per heavy atom. The second-order valence-corrected chi connectivity index (χ2v) is 11.5. The summed E-state index contributed by atoms with van der Waals surface area (Å²) in [5.41, 5.74) is -1.16. The molecular weight excluding hydrogens is 396 g/mol. The molecular formula is C25H36O6. The van der Waals surface area contributed by atoms with Crippen molar-refractivity contribution in [2.24, 2.45) is 28.6 Å². The van der Waals surface area contributed by atoms with E-state index >= 15 is 0 Å². The fourth-order valence-electron chi connectivity index (χ4n) is 8.70. The summed E-state index contributed by atoms with van der Waals surface area (Å²) in [7, 11) is 0. The molecule has 31 heavy (non-hydrogen) atoms. The van der Waals surface area contributed by atoms with Crippen molar-refractivity contribution in [2.75, 3.05) is 6.61 Å². The smallest absolute Gasteiger partial charge is 0.331 e. The second kappa shape index (κ2) is 6.80. The molecule has 8 atom stereocenters. The van der Waals surface area contributed by atoms with E-state index in [1.165, 1.54) is 6.92 Å². The molecule has 2 N–H and O–H groups in total. The molecule has 0 radical (unpaired) electrons. The van der Waals surface area contributed by atoms with E-state index in [-0.39, 0.29) is 46.6 Å². The van der Waals surface area contributed by atoms with E-state index < -0.39 is 11.2 Å². The average molecular weight is 433 g/mol. The number of fused-ring (bicyclic) bond motifs is 5. The Hall–Kier alpha value is -1.40. The summed E-state index contributed by atoms with van der Waals surface area (Å²) in [6.07, 6.45) is 8.41. The molecule has 5 rings (SSSR count). The van der Waals surface area contributed by atoms with Crippen LogP contribution in [-0.4, -0.2) is 46.1 Å².